The molecule has 29 heavy (non-hydrogen) atoms. The highest BCUT2D eigenvalue weighted by Crippen LogP contribution is 2.22. The van der Waals surface area contributed by atoms with Crippen LogP contribution in [0.25, 0.3) is 0 Å². The van der Waals surface area contributed by atoms with Crippen molar-refractivity contribution in [1.82, 2.24) is 4.90 Å². The number of carbonyl (C=O) groups excluding carboxylic acids is 1. The first-order valence-corrected chi connectivity index (χ1v) is 10.9. The number of carbonyl (C=O) groups is 1. The molecular weight excluding hydrogens is 392 g/mol. The number of anilines is 2. The van der Waals surface area contributed by atoms with Gasteiger partial charge in [0.15, 0.2) is 0 Å². The molecule has 1 atom stereocenters. The number of hydrogen-bond donors (Lipinski definition) is 2. The van der Waals surface area contributed by atoms with E-state index in [4.69, 9.17) is 9.88 Å². The average Bonchev–Trinajstić information content (AvgIpc) is 2.73. The van der Waals surface area contributed by atoms with E-state index in [1.165, 1.54) is 24.3 Å². The molecular formula is C20H26N4O4S. The van der Waals surface area contributed by atoms with Crippen LogP contribution in [0.5, 0.6) is 5.75 Å². The third kappa shape index (κ3) is 5.26. The van der Waals surface area contributed by atoms with E-state index in [1.54, 1.807) is 7.11 Å². The minimum Gasteiger partial charge on any atom is -0.497 e. The van der Waals surface area contributed by atoms with Crippen LogP contribution >= 0.6 is 0 Å². The maximum Gasteiger partial charge on any atom is 0.241 e. The van der Waals surface area contributed by atoms with Crippen LogP contribution in [0.3, 0.4) is 0 Å². The highest BCUT2D eigenvalue weighted by molar-refractivity contribution is 7.89. The van der Waals surface area contributed by atoms with Gasteiger partial charge in [0.25, 0.3) is 0 Å². The Morgan fingerprint density at radius 3 is 2.34 bits per heavy atom. The van der Waals surface area contributed by atoms with E-state index in [0.717, 1.165) is 37.6 Å². The number of nitrogens with two attached hydrogens (primary N) is 1. The van der Waals surface area contributed by atoms with E-state index in [0.29, 0.717) is 5.69 Å². The van der Waals surface area contributed by atoms with Crippen molar-refractivity contribution in [2.75, 3.05) is 43.5 Å². The fourth-order valence-electron chi connectivity index (χ4n) is 3.32. The summed E-state index contributed by atoms with van der Waals surface area (Å²) >= 11 is 0. The van der Waals surface area contributed by atoms with E-state index >= 15 is 0 Å². The topological polar surface area (TPSA) is 105 Å². The van der Waals surface area contributed by atoms with Gasteiger partial charge in [0.05, 0.1) is 18.0 Å². The van der Waals surface area contributed by atoms with Crippen LogP contribution in [0, 0.1) is 0 Å². The Labute approximate surface area is 171 Å². The second-order valence-corrected chi connectivity index (χ2v) is 8.52. The van der Waals surface area contributed by atoms with Gasteiger partial charge in [-0.3, -0.25) is 9.69 Å². The lowest BCUT2D eigenvalue weighted by Gasteiger charge is -2.38. The highest BCUT2D eigenvalue weighted by Gasteiger charge is 2.26. The van der Waals surface area contributed by atoms with Gasteiger partial charge < -0.3 is 15.0 Å². The van der Waals surface area contributed by atoms with Crippen molar-refractivity contribution in [3.8, 4) is 5.75 Å². The molecule has 0 spiro atoms. The summed E-state index contributed by atoms with van der Waals surface area (Å²) in [6, 6.07) is 13.5. The number of ether oxygens (including phenoxy) is 1. The number of rotatable bonds is 6. The summed E-state index contributed by atoms with van der Waals surface area (Å²) in [6.07, 6.45) is 0. The van der Waals surface area contributed by atoms with E-state index in [1.807, 2.05) is 25.1 Å². The fourth-order valence-corrected chi connectivity index (χ4v) is 3.83. The van der Waals surface area contributed by atoms with E-state index in [2.05, 4.69) is 21.2 Å². The predicted molar refractivity (Wildman–Crippen MR) is 113 cm³/mol. The zero-order valence-electron chi connectivity index (χ0n) is 16.5. The van der Waals surface area contributed by atoms with Gasteiger partial charge in [0, 0.05) is 43.6 Å². The summed E-state index contributed by atoms with van der Waals surface area (Å²) in [5.41, 5.74) is 1.64. The van der Waals surface area contributed by atoms with Crippen LogP contribution in [-0.4, -0.2) is 58.6 Å². The third-order valence-electron chi connectivity index (χ3n) is 5.11. The molecule has 0 aromatic heterocycles. The quantitative estimate of drug-likeness (QED) is 0.737. The first-order valence-electron chi connectivity index (χ1n) is 9.35. The normalized spacial score (nSPS) is 16.3. The van der Waals surface area contributed by atoms with Crippen molar-refractivity contribution in [2.45, 2.75) is 17.9 Å². The molecule has 1 amide bonds. The largest absolute Gasteiger partial charge is 0.497 e. The maximum absolute atomic E-state index is 12.6. The van der Waals surface area contributed by atoms with Crippen LogP contribution in [-0.2, 0) is 14.8 Å². The summed E-state index contributed by atoms with van der Waals surface area (Å²) in [4.78, 5) is 17.0. The number of benzene rings is 2. The van der Waals surface area contributed by atoms with Crippen molar-refractivity contribution in [3.63, 3.8) is 0 Å². The zero-order valence-corrected chi connectivity index (χ0v) is 17.4. The third-order valence-corrected chi connectivity index (χ3v) is 6.04. The highest BCUT2D eigenvalue weighted by atomic mass is 32.2. The van der Waals surface area contributed by atoms with Crippen molar-refractivity contribution < 1.29 is 17.9 Å². The molecule has 1 aliphatic heterocycles. The van der Waals surface area contributed by atoms with Gasteiger partial charge in [0.2, 0.25) is 15.9 Å². The van der Waals surface area contributed by atoms with Crippen LogP contribution < -0.4 is 20.1 Å². The minimum atomic E-state index is -3.75. The molecule has 2 aromatic carbocycles. The Morgan fingerprint density at radius 2 is 1.76 bits per heavy atom. The van der Waals surface area contributed by atoms with Gasteiger partial charge in [-0.15, -0.1) is 0 Å². The van der Waals surface area contributed by atoms with E-state index < -0.39 is 10.0 Å². The first kappa shape index (κ1) is 21.1. The fraction of sp³-hybridized carbons (Fsp3) is 0.350. The van der Waals surface area contributed by atoms with Gasteiger partial charge in [0.1, 0.15) is 5.75 Å². The van der Waals surface area contributed by atoms with Gasteiger partial charge >= 0.3 is 0 Å². The Kier molecular flexibility index (Phi) is 6.41. The first-order chi connectivity index (χ1) is 13.8. The molecule has 0 bridgehead atoms. The zero-order chi connectivity index (χ0) is 21.0. The molecule has 1 aliphatic rings. The van der Waals surface area contributed by atoms with Crippen LogP contribution in [0.2, 0.25) is 0 Å². The van der Waals surface area contributed by atoms with Crippen LogP contribution in [0.15, 0.2) is 53.4 Å². The van der Waals surface area contributed by atoms with E-state index in [-0.39, 0.29) is 16.8 Å². The summed E-state index contributed by atoms with van der Waals surface area (Å²) in [5, 5.41) is 7.92. The number of amides is 1. The number of sulfonamides is 1. The summed E-state index contributed by atoms with van der Waals surface area (Å²) < 4.78 is 27.9. The molecule has 1 saturated heterocycles. The molecule has 3 N–H and O–H groups in total. The lowest BCUT2D eigenvalue weighted by molar-refractivity contribution is -0.120. The Hall–Kier alpha value is -2.62. The predicted octanol–water partition coefficient (Wildman–Crippen LogP) is 1.49. The standard InChI is InChI=1S/C20H26N4O4S/c1-15(20(25)22-16-6-8-19(9-7-16)29(21,26)27)23-10-12-24(13-11-23)17-4-3-5-18(14-17)28-2/h3-9,14-15H,10-13H2,1-2H3,(H,22,25)(H2,21,26,27)/t15-/m1/s1. The molecule has 0 unspecified atom stereocenters. The van der Waals surface area contributed by atoms with Crippen molar-refractivity contribution in [3.05, 3.63) is 48.5 Å². The SMILES string of the molecule is COc1cccc(N2CCN([C@H](C)C(=O)Nc3ccc(S(N)(=O)=O)cc3)CC2)c1. The lowest BCUT2D eigenvalue weighted by atomic mass is 10.2. The lowest BCUT2D eigenvalue weighted by Crippen LogP contribution is -2.52. The Bertz CT molecular complexity index is 955. The number of piperazine rings is 1. The number of nitrogens with zero attached hydrogens (tertiary/aromatic N) is 2. The second-order valence-electron chi connectivity index (χ2n) is 6.96. The number of hydrogen-bond acceptors (Lipinski definition) is 6. The molecule has 3 rings (SSSR count). The number of primary sulfonamides is 1. The van der Waals surface area contributed by atoms with Gasteiger partial charge in [-0.2, -0.15) is 0 Å². The molecule has 1 heterocycles. The molecule has 0 radical (unpaired) electrons. The number of nitrogens with one attached hydrogen (secondary N) is 1. The maximum atomic E-state index is 12.6. The molecule has 1 fully saturated rings. The molecule has 9 heteroatoms. The minimum absolute atomic E-state index is 0.0113. The Morgan fingerprint density at radius 1 is 1.10 bits per heavy atom. The van der Waals surface area contributed by atoms with Gasteiger partial charge in [-0.05, 0) is 43.3 Å². The number of methoxy groups -OCH3 is 1. The molecule has 8 nitrogen and oxygen atoms in total. The summed E-state index contributed by atoms with van der Waals surface area (Å²) in [7, 11) is -2.10. The smallest absolute Gasteiger partial charge is 0.241 e. The van der Waals surface area contributed by atoms with Gasteiger partial charge in [-0.1, -0.05) is 6.07 Å². The van der Waals surface area contributed by atoms with Crippen molar-refractivity contribution in [2.24, 2.45) is 5.14 Å². The molecule has 156 valence electrons. The average molecular weight is 419 g/mol. The molecule has 2 aromatic rings. The molecule has 0 saturated carbocycles. The molecule has 0 aliphatic carbocycles. The Balaban J connectivity index is 1.55. The van der Waals surface area contributed by atoms with Gasteiger partial charge in [-0.25, -0.2) is 13.6 Å². The second kappa shape index (κ2) is 8.81. The van der Waals surface area contributed by atoms with Crippen molar-refractivity contribution >= 4 is 27.3 Å². The summed E-state index contributed by atoms with van der Waals surface area (Å²) in [5.74, 6) is 0.689. The summed E-state index contributed by atoms with van der Waals surface area (Å²) in [6.45, 7) is 5.02. The van der Waals surface area contributed by atoms with Crippen molar-refractivity contribution in [1.29, 1.82) is 0 Å². The monoisotopic (exact) mass is 418 g/mol. The van der Waals surface area contributed by atoms with Crippen LogP contribution in [0.4, 0.5) is 11.4 Å². The van der Waals surface area contributed by atoms with Crippen LogP contribution in [0.1, 0.15) is 6.92 Å². The van der Waals surface area contributed by atoms with E-state index in [9.17, 15) is 13.2 Å².